The van der Waals surface area contributed by atoms with Gasteiger partial charge in [-0.3, -0.25) is 9.10 Å². The molecule has 3 rings (SSSR count). The SMILES string of the molecule is CC(C)Oc1cccc(CNC(=O)CN(c2ccccc2Cl)S(=O)(=O)c2ccccc2)c1. The average molecular weight is 473 g/mol. The van der Waals surface area contributed by atoms with Crippen LogP contribution in [0.25, 0.3) is 0 Å². The van der Waals surface area contributed by atoms with Gasteiger partial charge in [0, 0.05) is 6.54 Å². The summed E-state index contributed by atoms with van der Waals surface area (Å²) in [7, 11) is -4.01. The molecule has 1 amide bonds. The molecule has 0 aliphatic rings. The smallest absolute Gasteiger partial charge is 0.264 e. The molecule has 0 spiro atoms. The summed E-state index contributed by atoms with van der Waals surface area (Å²) in [5, 5.41) is 3.01. The summed E-state index contributed by atoms with van der Waals surface area (Å²) in [6.45, 7) is 3.69. The Balaban J connectivity index is 1.80. The second kappa shape index (κ2) is 10.5. The molecule has 168 valence electrons. The third kappa shape index (κ3) is 6.02. The van der Waals surface area contributed by atoms with Gasteiger partial charge in [0.15, 0.2) is 0 Å². The number of hydrogen-bond donors (Lipinski definition) is 1. The van der Waals surface area contributed by atoms with E-state index >= 15 is 0 Å². The van der Waals surface area contributed by atoms with E-state index in [1.807, 2.05) is 38.1 Å². The summed E-state index contributed by atoms with van der Waals surface area (Å²) in [5.41, 5.74) is 1.08. The molecule has 0 aliphatic carbocycles. The topological polar surface area (TPSA) is 75.7 Å². The third-order valence-electron chi connectivity index (χ3n) is 4.50. The lowest BCUT2D eigenvalue weighted by molar-refractivity contribution is -0.119. The number of sulfonamides is 1. The van der Waals surface area contributed by atoms with E-state index in [-0.39, 0.29) is 28.3 Å². The molecule has 0 bridgehead atoms. The Morgan fingerprint density at radius 2 is 1.69 bits per heavy atom. The predicted molar refractivity (Wildman–Crippen MR) is 126 cm³/mol. The molecule has 3 aromatic carbocycles. The predicted octanol–water partition coefficient (Wildman–Crippen LogP) is 4.64. The first kappa shape index (κ1) is 23.6. The van der Waals surface area contributed by atoms with E-state index in [2.05, 4.69) is 5.32 Å². The fraction of sp³-hybridized carbons (Fsp3) is 0.208. The molecule has 0 radical (unpaired) electrons. The number of benzene rings is 3. The van der Waals surface area contributed by atoms with E-state index in [4.69, 9.17) is 16.3 Å². The van der Waals surface area contributed by atoms with Crippen molar-refractivity contribution in [3.63, 3.8) is 0 Å². The van der Waals surface area contributed by atoms with Crippen molar-refractivity contribution in [2.75, 3.05) is 10.8 Å². The third-order valence-corrected chi connectivity index (χ3v) is 6.59. The van der Waals surface area contributed by atoms with Crippen molar-refractivity contribution in [2.45, 2.75) is 31.4 Å². The molecule has 32 heavy (non-hydrogen) atoms. The number of amides is 1. The van der Waals surface area contributed by atoms with Crippen molar-refractivity contribution in [2.24, 2.45) is 0 Å². The Morgan fingerprint density at radius 1 is 1.00 bits per heavy atom. The van der Waals surface area contributed by atoms with Gasteiger partial charge in [-0.2, -0.15) is 0 Å². The minimum absolute atomic E-state index is 0.0345. The van der Waals surface area contributed by atoms with Crippen molar-refractivity contribution >= 4 is 33.2 Å². The lowest BCUT2D eigenvalue weighted by Gasteiger charge is -2.25. The summed E-state index contributed by atoms with van der Waals surface area (Å²) in [5.74, 6) is 0.246. The van der Waals surface area contributed by atoms with E-state index in [1.54, 1.807) is 42.5 Å². The lowest BCUT2D eigenvalue weighted by atomic mass is 10.2. The summed E-state index contributed by atoms with van der Waals surface area (Å²) in [6.07, 6.45) is 0.0345. The highest BCUT2D eigenvalue weighted by atomic mass is 35.5. The lowest BCUT2D eigenvalue weighted by Crippen LogP contribution is -2.40. The maximum absolute atomic E-state index is 13.3. The van der Waals surface area contributed by atoms with Crippen LogP contribution in [-0.4, -0.2) is 27.0 Å². The Morgan fingerprint density at radius 3 is 2.38 bits per heavy atom. The van der Waals surface area contributed by atoms with Crippen LogP contribution in [0.2, 0.25) is 5.02 Å². The number of nitrogens with zero attached hydrogens (tertiary/aromatic N) is 1. The van der Waals surface area contributed by atoms with Crippen LogP contribution in [0.3, 0.4) is 0 Å². The van der Waals surface area contributed by atoms with Crippen LogP contribution in [-0.2, 0) is 21.4 Å². The second-order valence-corrected chi connectivity index (χ2v) is 9.64. The second-order valence-electron chi connectivity index (χ2n) is 7.37. The first-order chi connectivity index (χ1) is 15.3. The highest BCUT2D eigenvalue weighted by Gasteiger charge is 2.28. The molecule has 0 aliphatic heterocycles. The maximum atomic E-state index is 13.3. The van der Waals surface area contributed by atoms with E-state index in [1.165, 1.54) is 12.1 Å². The number of carbonyl (C=O) groups excluding carboxylic acids is 1. The Labute approximate surface area is 193 Å². The number of para-hydroxylation sites is 1. The monoisotopic (exact) mass is 472 g/mol. The van der Waals surface area contributed by atoms with E-state index in [9.17, 15) is 13.2 Å². The van der Waals surface area contributed by atoms with Crippen LogP contribution in [0.5, 0.6) is 5.75 Å². The van der Waals surface area contributed by atoms with Gasteiger partial charge in [0.25, 0.3) is 10.0 Å². The van der Waals surface area contributed by atoms with Gasteiger partial charge >= 0.3 is 0 Å². The van der Waals surface area contributed by atoms with Gasteiger partial charge in [-0.25, -0.2) is 8.42 Å². The normalized spacial score (nSPS) is 11.2. The van der Waals surface area contributed by atoms with Crippen LogP contribution in [0.1, 0.15) is 19.4 Å². The van der Waals surface area contributed by atoms with E-state index in [0.29, 0.717) is 5.75 Å². The molecule has 0 unspecified atom stereocenters. The summed E-state index contributed by atoms with van der Waals surface area (Å²) in [6, 6.07) is 21.9. The molecule has 0 heterocycles. The summed E-state index contributed by atoms with van der Waals surface area (Å²) >= 11 is 6.28. The molecule has 3 aromatic rings. The van der Waals surface area contributed by atoms with Crippen LogP contribution >= 0.6 is 11.6 Å². The number of carbonyl (C=O) groups is 1. The standard InChI is InChI=1S/C24H25ClN2O4S/c1-18(2)31-20-10-8-9-19(15-20)16-26-24(28)17-27(23-14-7-6-13-22(23)25)32(29,30)21-11-4-3-5-12-21/h3-15,18H,16-17H2,1-2H3,(H,26,28). The summed E-state index contributed by atoms with van der Waals surface area (Å²) in [4.78, 5) is 12.8. The first-order valence-electron chi connectivity index (χ1n) is 10.1. The zero-order valence-electron chi connectivity index (χ0n) is 17.9. The van der Waals surface area contributed by atoms with Gasteiger partial charge in [-0.15, -0.1) is 0 Å². The number of rotatable bonds is 9. The van der Waals surface area contributed by atoms with Gasteiger partial charge in [-0.1, -0.05) is 54.1 Å². The van der Waals surface area contributed by atoms with Crippen molar-refractivity contribution in [3.05, 3.63) is 89.4 Å². The molecule has 0 atom stereocenters. The van der Waals surface area contributed by atoms with Gasteiger partial charge in [0.05, 0.1) is 21.7 Å². The Bertz CT molecular complexity index is 1170. The molecule has 6 nitrogen and oxygen atoms in total. The van der Waals surface area contributed by atoms with Gasteiger partial charge in [0.1, 0.15) is 12.3 Å². The zero-order valence-corrected chi connectivity index (χ0v) is 19.4. The quantitative estimate of drug-likeness (QED) is 0.492. The highest BCUT2D eigenvalue weighted by molar-refractivity contribution is 7.92. The Kier molecular flexibility index (Phi) is 7.77. The summed E-state index contributed by atoms with van der Waals surface area (Å²) < 4.78 is 33.3. The van der Waals surface area contributed by atoms with Gasteiger partial charge in [0.2, 0.25) is 5.91 Å². The molecular weight excluding hydrogens is 448 g/mol. The first-order valence-corrected chi connectivity index (χ1v) is 11.9. The van der Waals surface area contributed by atoms with Crippen LogP contribution in [0, 0.1) is 0 Å². The van der Waals surface area contributed by atoms with E-state index < -0.39 is 22.5 Å². The molecule has 0 saturated carbocycles. The molecule has 0 fully saturated rings. The van der Waals surface area contributed by atoms with Crippen molar-refractivity contribution < 1.29 is 17.9 Å². The molecule has 0 saturated heterocycles. The fourth-order valence-electron chi connectivity index (χ4n) is 3.06. The van der Waals surface area contributed by atoms with Gasteiger partial charge < -0.3 is 10.1 Å². The van der Waals surface area contributed by atoms with Crippen LogP contribution < -0.4 is 14.4 Å². The zero-order chi connectivity index (χ0) is 23.1. The van der Waals surface area contributed by atoms with Crippen LogP contribution in [0.15, 0.2) is 83.8 Å². The minimum atomic E-state index is -4.01. The molecular formula is C24H25ClN2O4S. The minimum Gasteiger partial charge on any atom is -0.491 e. The Hall–Kier alpha value is -3.03. The van der Waals surface area contributed by atoms with Crippen molar-refractivity contribution in [1.82, 2.24) is 5.32 Å². The fourth-order valence-corrected chi connectivity index (χ4v) is 4.81. The maximum Gasteiger partial charge on any atom is 0.264 e. The van der Waals surface area contributed by atoms with Crippen molar-refractivity contribution in [3.8, 4) is 5.75 Å². The van der Waals surface area contributed by atoms with Crippen LogP contribution in [0.4, 0.5) is 5.69 Å². The van der Waals surface area contributed by atoms with E-state index in [0.717, 1.165) is 9.87 Å². The molecule has 0 aromatic heterocycles. The highest BCUT2D eigenvalue weighted by Crippen LogP contribution is 2.30. The number of hydrogen-bond acceptors (Lipinski definition) is 4. The largest absolute Gasteiger partial charge is 0.491 e. The number of anilines is 1. The number of ether oxygens (including phenoxy) is 1. The molecule has 8 heteroatoms. The van der Waals surface area contributed by atoms with Gasteiger partial charge in [-0.05, 0) is 55.8 Å². The van der Waals surface area contributed by atoms with Crippen molar-refractivity contribution in [1.29, 1.82) is 0 Å². The number of halogens is 1. The average Bonchev–Trinajstić information content (AvgIpc) is 2.77. The number of nitrogens with one attached hydrogen (secondary N) is 1. The molecule has 1 N–H and O–H groups in total.